The molecule has 0 spiro atoms. The molecule has 0 atom stereocenters. The average Bonchev–Trinajstić information content (AvgIpc) is 2.82. The number of aryl methyl sites for hydroxylation is 3. The fourth-order valence-electron chi connectivity index (χ4n) is 3.37. The molecule has 10 nitrogen and oxygen atoms in total. The van der Waals surface area contributed by atoms with Gasteiger partial charge in [0.25, 0.3) is 0 Å². The van der Waals surface area contributed by atoms with E-state index < -0.39 is 28.6 Å². The predicted molar refractivity (Wildman–Crippen MR) is 124 cm³/mol. The molecule has 0 aliphatic carbocycles. The van der Waals surface area contributed by atoms with Gasteiger partial charge < -0.3 is 29.2 Å². The number of carbonyl (C=O) groups excluding carboxylic acids is 1. The second kappa shape index (κ2) is 9.34. The quantitative estimate of drug-likeness (QED) is 0.278. The number of aromatic hydroxyl groups is 3. The van der Waals surface area contributed by atoms with Crippen LogP contribution in [0.4, 0.5) is 0 Å². The first-order chi connectivity index (χ1) is 16.6. The van der Waals surface area contributed by atoms with Gasteiger partial charge in [0.1, 0.15) is 29.1 Å². The second-order valence-electron chi connectivity index (χ2n) is 7.84. The van der Waals surface area contributed by atoms with Gasteiger partial charge >= 0.3 is 5.97 Å². The molecule has 3 N–H and O–H groups in total. The Hall–Kier alpha value is -4.60. The summed E-state index contributed by atoms with van der Waals surface area (Å²) in [5.74, 6) is -2.19. The summed E-state index contributed by atoms with van der Waals surface area (Å²) in [5.41, 5.74) is 2.69. The Bertz CT molecular complexity index is 1490. The summed E-state index contributed by atoms with van der Waals surface area (Å²) in [6.07, 6.45) is 0. The minimum Gasteiger partial charge on any atom is -0.504 e. The summed E-state index contributed by atoms with van der Waals surface area (Å²) in [7, 11) is 0. The van der Waals surface area contributed by atoms with Crippen LogP contribution in [0, 0.1) is 20.8 Å². The number of rotatable bonds is 6. The zero-order chi connectivity index (χ0) is 25.3. The van der Waals surface area contributed by atoms with E-state index in [-0.39, 0.29) is 29.9 Å². The highest BCUT2D eigenvalue weighted by molar-refractivity contribution is 5.89. The molecule has 10 heteroatoms. The smallest absolute Gasteiger partial charge is 0.344 e. The van der Waals surface area contributed by atoms with E-state index in [1.165, 1.54) is 0 Å². The van der Waals surface area contributed by atoms with E-state index in [9.17, 15) is 24.9 Å². The molecule has 4 rings (SSSR count). The summed E-state index contributed by atoms with van der Waals surface area (Å²) >= 11 is 0. The van der Waals surface area contributed by atoms with Crippen LogP contribution >= 0.6 is 0 Å². The maximum Gasteiger partial charge on any atom is 0.344 e. The van der Waals surface area contributed by atoms with E-state index in [1.807, 2.05) is 13.8 Å². The van der Waals surface area contributed by atoms with Crippen molar-refractivity contribution in [1.29, 1.82) is 0 Å². The van der Waals surface area contributed by atoms with Gasteiger partial charge in [-0.25, -0.2) is 4.79 Å². The molecule has 0 radical (unpaired) electrons. The van der Waals surface area contributed by atoms with Crippen molar-refractivity contribution >= 4 is 16.9 Å². The number of phenols is 3. The topological polar surface area (TPSA) is 152 Å². The van der Waals surface area contributed by atoms with Crippen LogP contribution in [0.1, 0.15) is 22.8 Å². The Morgan fingerprint density at radius 1 is 0.943 bits per heavy atom. The number of nitrogens with zero attached hydrogens (tertiary/aromatic N) is 2. The number of hydrogen-bond donors (Lipinski definition) is 3. The first-order valence-corrected chi connectivity index (χ1v) is 10.6. The standard InChI is InChI=1S/C25H22N2O8/c1-12-13(2)27-17(14(3)26-12)10-34-22(30)11-33-16-6-4-15(5-7-16)20-8-18(28)23-21(35-20)9-19(29)24(31)25(23)32/h4-9,29,31-32H,10-11H2,1-3H3. The number of fused-ring (bicyclic) bond motifs is 1. The van der Waals surface area contributed by atoms with Gasteiger partial charge in [0, 0.05) is 17.7 Å². The van der Waals surface area contributed by atoms with Crippen LogP contribution in [-0.2, 0) is 16.1 Å². The molecule has 4 aromatic rings. The molecule has 0 saturated heterocycles. The minimum atomic E-state index is -0.797. The highest BCUT2D eigenvalue weighted by Crippen LogP contribution is 2.40. The van der Waals surface area contributed by atoms with Gasteiger partial charge in [-0.15, -0.1) is 0 Å². The zero-order valence-corrected chi connectivity index (χ0v) is 19.2. The van der Waals surface area contributed by atoms with Gasteiger partial charge in [-0.2, -0.15) is 0 Å². The van der Waals surface area contributed by atoms with Crippen LogP contribution in [0.25, 0.3) is 22.3 Å². The average molecular weight is 478 g/mol. The summed E-state index contributed by atoms with van der Waals surface area (Å²) in [6, 6.07) is 8.58. The van der Waals surface area contributed by atoms with Crippen LogP contribution in [0.5, 0.6) is 23.0 Å². The fourth-order valence-corrected chi connectivity index (χ4v) is 3.37. The number of carbonyl (C=O) groups is 1. The lowest BCUT2D eigenvalue weighted by Gasteiger charge is -2.10. The molecule has 0 amide bonds. The third-order valence-electron chi connectivity index (χ3n) is 5.39. The van der Waals surface area contributed by atoms with Crippen LogP contribution in [0.15, 0.2) is 45.6 Å². The lowest BCUT2D eigenvalue weighted by atomic mass is 10.1. The Kier molecular flexibility index (Phi) is 6.28. The minimum absolute atomic E-state index is 0.00896. The largest absolute Gasteiger partial charge is 0.504 e. The zero-order valence-electron chi connectivity index (χ0n) is 19.2. The van der Waals surface area contributed by atoms with E-state index in [0.29, 0.717) is 22.7 Å². The normalized spacial score (nSPS) is 10.9. The highest BCUT2D eigenvalue weighted by atomic mass is 16.6. The monoisotopic (exact) mass is 478 g/mol. The summed E-state index contributed by atoms with van der Waals surface area (Å²) in [4.78, 5) is 33.3. The SMILES string of the molecule is Cc1nc(C)c(COC(=O)COc2ccc(-c3cc(=O)c4c(O)c(O)c(O)cc4o3)cc2)nc1C. The molecule has 2 heterocycles. The highest BCUT2D eigenvalue weighted by Gasteiger charge is 2.17. The van der Waals surface area contributed by atoms with Crippen molar-refractivity contribution in [3.8, 4) is 34.3 Å². The van der Waals surface area contributed by atoms with Crippen LogP contribution in [-0.4, -0.2) is 37.9 Å². The molecule has 180 valence electrons. The van der Waals surface area contributed by atoms with Gasteiger partial charge in [0.15, 0.2) is 23.5 Å². The maximum absolute atomic E-state index is 12.4. The summed E-state index contributed by atoms with van der Waals surface area (Å²) < 4.78 is 16.3. The molecule has 35 heavy (non-hydrogen) atoms. The van der Waals surface area contributed by atoms with E-state index in [2.05, 4.69) is 9.97 Å². The third kappa shape index (κ3) is 4.86. The summed E-state index contributed by atoms with van der Waals surface area (Å²) in [5, 5.41) is 29.0. The maximum atomic E-state index is 12.4. The Labute approximate surface area is 199 Å². The molecule has 0 saturated carbocycles. The van der Waals surface area contributed by atoms with Crippen molar-refractivity contribution in [2.75, 3.05) is 6.61 Å². The molecule has 0 fully saturated rings. The van der Waals surface area contributed by atoms with Crippen molar-refractivity contribution in [1.82, 2.24) is 9.97 Å². The Morgan fingerprint density at radius 2 is 1.63 bits per heavy atom. The van der Waals surface area contributed by atoms with Gasteiger partial charge in [-0.05, 0) is 45.0 Å². The lowest BCUT2D eigenvalue weighted by molar-refractivity contribution is -0.147. The van der Waals surface area contributed by atoms with Gasteiger partial charge in [-0.3, -0.25) is 14.8 Å². The van der Waals surface area contributed by atoms with Crippen molar-refractivity contribution < 1.29 is 34.0 Å². The molecular weight excluding hydrogens is 456 g/mol. The van der Waals surface area contributed by atoms with E-state index in [4.69, 9.17) is 13.9 Å². The number of ether oxygens (including phenoxy) is 2. The molecule has 0 aliphatic heterocycles. The van der Waals surface area contributed by atoms with Crippen LogP contribution in [0.2, 0.25) is 0 Å². The number of esters is 1. The molecule has 2 aromatic heterocycles. The van der Waals surface area contributed by atoms with Crippen LogP contribution in [0.3, 0.4) is 0 Å². The van der Waals surface area contributed by atoms with E-state index in [1.54, 1.807) is 31.2 Å². The van der Waals surface area contributed by atoms with Crippen LogP contribution < -0.4 is 10.2 Å². The molecule has 0 unspecified atom stereocenters. The Morgan fingerprint density at radius 3 is 2.34 bits per heavy atom. The van der Waals surface area contributed by atoms with Crippen molar-refractivity contribution in [2.24, 2.45) is 0 Å². The van der Waals surface area contributed by atoms with Gasteiger partial charge in [-0.1, -0.05) is 0 Å². The number of benzene rings is 2. The van der Waals surface area contributed by atoms with Crippen molar-refractivity contribution in [3.05, 3.63) is 69.4 Å². The van der Waals surface area contributed by atoms with Gasteiger partial charge in [0.2, 0.25) is 5.75 Å². The number of hydrogen-bond acceptors (Lipinski definition) is 10. The number of phenolic OH excluding ortho intramolecular Hbond substituents is 3. The van der Waals surface area contributed by atoms with E-state index >= 15 is 0 Å². The number of aromatic nitrogens is 2. The third-order valence-corrected chi connectivity index (χ3v) is 5.39. The van der Waals surface area contributed by atoms with Crippen molar-refractivity contribution in [2.45, 2.75) is 27.4 Å². The summed E-state index contributed by atoms with van der Waals surface area (Å²) in [6.45, 7) is 5.17. The molecular formula is C25H22N2O8. The molecule has 2 aromatic carbocycles. The fraction of sp³-hybridized carbons (Fsp3) is 0.200. The van der Waals surface area contributed by atoms with E-state index in [0.717, 1.165) is 23.5 Å². The lowest BCUT2D eigenvalue weighted by Crippen LogP contribution is -2.16. The molecule has 0 aliphatic rings. The second-order valence-corrected chi connectivity index (χ2v) is 7.84. The predicted octanol–water partition coefficient (Wildman–Crippen LogP) is 3.41. The first kappa shape index (κ1) is 23.6. The molecule has 0 bridgehead atoms. The first-order valence-electron chi connectivity index (χ1n) is 10.6. The van der Waals surface area contributed by atoms with Crippen molar-refractivity contribution in [3.63, 3.8) is 0 Å². The Balaban J connectivity index is 1.42. The van der Waals surface area contributed by atoms with Gasteiger partial charge in [0.05, 0.1) is 22.8 Å².